The van der Waals surface area contributed by atoms with E-state index in [0.29, 0.717) is 5.92 Å². The van der Waals surface area contributed by atoms with Crippen LogP contribution in [0.1, 0.15) is 41.8 Å². The van der Waals surface area contributed by atoms with Gasteiger partial charge in [0.25, 0.3) is 0 Å². The van der Waals surface area contributed by atoms with Gasteiger partial charge in [0.05, 0.1) is 0 Å². The lowest BCUT2D eigenvalue weighted by Gasteiger charge is -2.00. The third kappa shape index (κ3) is 3.53. The molecule has 0 aliphatic carbocycles. The van der Waals surface area contributed by atoms with E-state index in [1.807, 2.05) is 12.1 Å². The molecular formula is C14H19N3S. The Bertz CT molecular complexity index is 488. The first-order chi connectivity index (χ1) is 8.65. The molecule has 0 unspecified atom stereocenters. The van der Waals surface area contributed by atoms with E-state index in [2.05, 4.69) is 36.2 Å². The predicted molar refractivity (Wildman–Crippen MR) is 76.9 cm³/mol. The van der Waals surface area contributed by atoms with Crippen molar-refractivity contribution in [1.82, 2.24) is 10.2 Å². The number of anilines is 1. The molecule has 4 heteroatoms. The molecule has 1 heterocycles. The summed E-state index contributed by atoms with van der Waals surface area (Å²) in [5, 5.41) is 10.7. The molecule has 0 spiro atoms. The molecule has 0 radical (unpaired) electrons. The average Bonchev–Trinajstić information content (AvgIpc) is 2.81. The van der Waals surface area contributed by atoms with Crippen molar-refractivity contribution in [1.29, 1.82) is 0 Å². The lowest BCUT2D eigenvalue weighted by molar-refractivity contribution is 0.785. The van der Waals surface area contributed by atoms with Crippen LogP contribution in [-0.4, -0.2) is 10.2 Å². The fraction of sp³-hybridized carbons (Fsp3) is 0.429. The molecule has 0 amide bonds. The maximum absolute atomic E-state index is 5.66. The number of hydrogen-bond acceptors (Lipinski definition) is 4. The van der Waals surface area contributed by atoms with E-state index in [1.54, 1.807) is 11.3 Å². The van der Waals surface area contributed by atoms with Crippen LogP contribution in [0.25, 0.3) is 0 Å². The summed E-state index contributed by atoms with van der Waals surface area (Å²) in [5.41, 5.74) is 7.82. The second-order valence-corrected chi connectivity index (χ2v) is 5.88. The predicted octanol–water partition coefficient (Wildman–Crippen LogP) is 3.42. The number of nitrogens with two attached hydrogens (primary N) is 1. The number of nitrogens with zero attached hydrogens (tertiary/aromatic N) is 2. The normalized spacial score (nSPS) is 11.1. The minimum atomic E-state index is 0.480. The third-order valence-electron chi connectivity index (χ3n) is 2.81. The number of aromatic nitrogens is 2. The first kappa shape index (κ1) is 13.0. The molecule has 96 valence electrons. The molecule has 2 aromatic rings. The van der Waals surface area contributed by atoms with Crippen molar-refractivity contribution in [2.24, 2.45) is 0 Å². The van der Waals surface area contributed by atoms with Gasteiger partial charge in [-0.3, -0.25) is 0 Å². The van der Waals surface area contributed by atoms with E-state index in [9.17, 15) is 0 Å². The van der Waals surface area contributed by atoms with E-state index in [-0.39, 0.29) is 0 Å². The van der Waals surface area contributed by atoms with Gasteiger partial charge in [0, 0.05) is 18.0 Å². The smallest absolute Gasteiger partial charge is 0.119 e. The van der Waals surface area contributed by atoms with Crippen LogP contribution in [0.5, 0.6) is 0 Å². The Morgan fingerprint density at radius 2 is 1.83 bits per heavy atom. The van der Waals surface area contributed by atoms with Crippen LogP contribution < -0.4 is 5.73 Å². The molecular weight excluding hydrogens is 242 g/mol. The first-order valence-electron chi connectivity index (χ1n) is 6.32. The van der Waals surface area contributed by atoms with E-state index in [1.165, 1.54) is 5.56 Å². The highest BCUT2D eigenvalue weighted by Crippen LogP contribution is 2.20. The molecule has 1 aromatic heterocycles. The summed E-state index contributed by atoms with van der Waals surface area (Å²) in [6.45, 7) is 4.30. The summed E-state index contributed by atoms with van der Waals surface area (Å²) in [5.74, 6) is 0.480. The summed E-state index contributed by atoms with van der Waals surface area (Å²) in [6.07, 6.45) is 3.18. The molecule has 0 aliphatic rings. The summed E-state index contributed by atoms with van der Waals surface area (Å²) in [4.78, 5) is 0. The summed E-state index contributed by atoms with van der Waals surface area (Å²) < 4.78 is 0. The van der Waals surface area contributed by atoms with Gasteiger partial charge in [-0.15, -0.1) is 21.5 Å². The summed E-state index contributed by atoms with van der Waals surface area (Å²) in [7, 11) is 0. The molecule has 1 aromatic carbocycles. The van der Waals surface area contributed by atoms with Crippen LogP contribution in [0.4, 0.5) is 5.69 Å². The third-order valence-corrected chi connectivity index (χ3v) is 4.10. The van der Waals surface area contributed by atoms with Crippen molar-refractivity contribution < 1.29 is 0 Å². The molecule has 0 saturated carbocycles. The van der Waals surface area contributed by atoms with Gasteiger partial charge in [-0.1, -0.05) is 26.0 Å². The fourth-order valence-corrected chi connectivity index (χ4v) is 2.62. The van der Waals surface area contributed by atoms with Crippen LogP contribution in [0.3, 0.4) is 0 Å². The zero-order chi connectivity index (χ0) is 13.0. The van der Waals surface area contributed by atoms with E-state index >= 15 is 0 Å². The number of rotatable bonds is 5. The lowest BCUT2D eigenvalue weighted by Crippen LogP contribution is -1.91. The molecule has 0 fully saturated rings. The van der Waals surface area contributed by atoms with Gasteiger partial charge in [0.15, 0.2) is 0 Å². The van der Waals surface area contributed by atoms with Crippen molar-refractivity contribution in [3.63, 3.8) is 0 Å². The highest BCUT2D eigenvalue weighted by molar-refractivity contribution is 7.11. The van der Waals surface area contributed by atoms with Crippen molar-refractivity contribution in [3.8, 4) is 0 Å². The Morgan fingerprint density at radius 1 is 1.11 bits per heavy atom. The van der Waals surface area contributed by atoms with E-state index < -0.39 is 0 Å². The largest absolute Gasteiger partial charge is 0.399 e. The molecule has 3 nitrogen and oxygen atoms in total. The monoisotopic (exact) mass is 261 g/mol. The van der Waals surface area contributed by atoms with Gasteiger partial charge in [0.2, 0.25) is 0 Å². The molecule has 0 atom stereocenters. The standard InChI is InChI=1S/C14H19N3S/c1-10(2)14-17-16-13(18-14)5-3-4-11-6-8-12(15)9-7-11/h6-10H,3-5,15H2,1-2H3. The van der Waals surface area contributed by atoms with Gasteiger partial charge in [-0.05, 0) is 30.5 Å². The number of hydrogen-bond donors (Lipinski definition) is 1. The number of aryl methyl sites for hydroxylation is 2. The lowest BCUT2D eigenvalue weighted by atomic mass is 10.1. The highest BCUT2D eigenvalue weighted by atomic mass is 32.1. The zero-order valence-corrected chi connectivity index (χ0v) is 11.7. The van der Waals surface area contributed by atoms with Crippen molar-refractivity contribution in [2.75, 3.05) is 5.73 Å². The van der Waals surface area contributed by atoms with Crippen LogP contribution in [0.15, 0.2) is 24.3 Å². The quantitative estimate of drug-likeness (QED) is 0.839. The Labute approximate surface area is 112 Å². The number of nitrogen functional groups attached to an aromatic ring is 1. The van der Waals surface area contributed by atoms with Gasteiger partial charge in [0.1, 0.15) is 10.0 Å². The summed E-state index contributed by atoms with van der Waals surface area (Å²) >= 11 is 1.74. The SMILES string of the molecule is CC(C)c1nnc(CCCc2ccc(N)cc2)s1. The Morgan fingerprint density at radius 3 is 2.44 bits per heavy atom. The maximum atomic E-state index is 5.66. The molecule has 18 heavy (non-hydrogen) atoms. The van der Waals surface area contributed by atoms with Crippen molar-refractivity contribution in [3.05, 3.63) is 39.8 Å². The molecule has 2 rings (SSSR count). The molecule has 0 aliphatic heterocycles. The second kappa shape index (κ2) is 5.96. The van der Waals surface area contributed by atoms with Crippen LogP contribution >= 0.6 is 11.3 Å². The maximum Gasteiger partial charge on any atom is 0.119 e. The highest BCUT2D eigenvalue weighted by Gasteiger charge is 2.07. The van der Waals surface area contributed by atoms with Gasteiger partial charge >= 0.3 is 0 Å². The first-order valence-corrected chi connectivity index (χ1v) is 7.13. The van der Waals surface area contributed by atoms with Crippen LogP contribution in [0, 0.1) is 0 Å². The topological polar surface area (TPSA) is 51.8 Å². The van der Waals surface area contributed by atoms with Crippen molar-refractivity contribution in [2.45, 2.75) is 39.0 Å². The van der Waals surface area contributed by atoms with Crippen molar-refractivity contribution >= 4 is 17.0 Å². The van der Waals surface area contributed by atoms with E-state index in [4.69, 9.17) is 5.73 Å². The summed E-state index contributed by atoms with van der Waals surface area (Å²) in [6, 6.07) is 8.10. The Kier molecular flexibility index (Phi) is 4.31. The minimum absolute atomic E-state index is 0.480. The van der Waals surface area contributed by atoms with Gasteiger partial charge in [-0.25, -0.2) is 0 Å². The molecule has 2 N–H and O–H groups in total. The fourth-order valence-electron chi connectivity index (χ4n) is 1.73. The number of benzene rings is 1. The Balaban J connectivity index is 1.82. The average molecular weight is 261 g/mol. The zero-order valence-electron chi connectivity index (χ0n) is 10.9. The second-order valence-electron chi connectivity index (χ2n) is 4.78. The van der Waals surface area contributed by atoms with Gasteiger partial charge in [-0.2, -0.15) is 0 Å². The Hall–Kier alpha value is -1.42. The minimum Gasteiger partial charge on any atom is -0.399 e. The van der Waals surface area contributed by atoms with Gasteiger partial charge < -0.3 is 5.73 Å². The van der Waals surface area contributed by atoms with Crippen LogP contribution in [-0.2, 0) is 12.8 Å². The molecule has 0 bridgehead atoms. The van der Waals surface area contributed by atoms with Crippen LogP contribution in [0.2, 0.25) is 0 Å². The molecule has 0 saturated heterocycles. The van der Waals surface area contributed by atoms with E-state index in [0.717, 1.165) is 35.0 Å².